The Hall–Kier alpha value is -1.06. The Balaban J connectivity index is 1.69. The van der Waals surface area contributed by atoms with E-state index < -0.39 is 0 Å². The van der Waals surface area contributed by atoms with Crippen molar-refractivity contribution in [2.45, 2.75) is 51.0 Å². The summed E-state index contributed by atoms with van der Waals surface area (Å²) in [5.41, 5.74) is 1.46. The molecule has 1 fully saturated rings. The first-order valence-corrected chi connectivity index (χ1v) is 8.13. The van der Waals surface area contributed by atoms with E-state index in [0.717, 1.165) is 11.7 Å². The van der Waals surface area contributed by atoms with Crippen molar-refractivity contribution in [1.82, 2.24) is 0 Å². The molecule has 1 atom stereocenters. The van der Waals surface area contributed by atoms with Crippen LogP contribution < -0.4 is 4.74 Å². The topological polar surface area (TPSA) is 27.7 Å². The summed E-state index contributed by atoms with van der Waals surface area (Å²) >= 11 is 0. The minimum Gasteiger partial charge on any atom is -0.491 e. The van der Waals surface area contributed by atoms with E-state index in [-0.39, 0.29) is 6.10 Å². The van der Waals surface area contributed by atoms with Gasteiger partial charge < -0.3 is 14.2 Å². The molecule has 1 unspecified atom stereocenters. The van der Waals surface area contributed by atoms with E-state index in [4.69, 9.17) is 14.2 Å². The van der Waals surface area contributed by atoms with Crippen LogP contribution in [0.2, 0.25) is 0 Å². The second kappa shape index (κ2) is 9.06. The highest BCUT2D eigenvalue weighted by molar-refractivity contribution is 5.29. The van der Waals surface area contributed by atoms with E-state index in [0.29, 0.717) is 19.8 Å². The number of hydrogen-bond donors (Lipinski definition) is 0. The fraction of sp³-hybridized carbons (Fsp3) is 0.667. The molecular weight excluding hydrogens is 264 g/mol. The molecule has 3 heteroatoms. The van der Waals surface area contributed by atoms with Crippen LogP contribution in [0.5, 0.6) is 5.75 Å². The fourth-order valence-electron chi connectivity index (χ4n) is 2.96. The molecule has 1 aromatic carbocycles. The van der Waals surface area contributed by atoms with E-state index in [1.165, 1.54) is 37.7 Å². The van der Waals surface area contributed by atoms with Gasteiger partial charge in [-0.25, -0.2) is 0 Å². The second-order valence-electron chi connectivity index (χ2n) is 5.89. The summed E-state index contributed by atoms with van der Waals surface area (Å²) in [4.78, 5) is 0. The van der Waals surface area contributed by atoms with Crippen molar-refractivity contribution in [2.75, 3.05) is 26.9 Å². The minimum absolute atomic E-state index is 0.118. The molecule has 118 valence electrons. The minimum atomic E-state index is 0.118. The summed E-state index contributed by atoms with van der Waals surface area (Å²) in [6.07, 6.45) is 6.95. The zero-order valence-corrected chi connectivity index (χ0v) is 13.3. The summed E-state index contributed by atoms with van der Waals surface area (Å²) in [7, 11) is 1.68. The molecule has 0 heterocycles. The summed E-state index contributed by atoms with van der Waals surface area (Å²) in [6, 6.07) is 8.62. The Morgan fingerprint density at radius 3 is 2.43 bits per heavy atom. The van der Waals surface area contributed by atoms with E-state index in [2.05, 4.69) is 24.3 Å². The molecule has 0 bridgehead atoms. The maximum Gasteiger partial charge on any atom is 0.119 e. The molecule has 0 aromatic heterocycles. The van der Waals surface area contributed by atoms with E-state index in [1.54, 1.807) is 7.11 Å². The summed E-state index contributed by atoms with van der Waals surface area (Å²) in [5, 5.41) is 0. The Bertz CT molecular complexity index is 382. The molecule has 0 spiro atoms. The summed E-state index contributed by atoms with van der Waals surface area (Å²) in [5.74, 6) is 1.68. The third-order valence-electron chi connectivity index (χ3n) is 4.11. The molecule has 21 heavy (non-hydrogen) atoms. The standard InChI is InChI=1S/C18H28O3/c1-15(14-19-2)20-12-13-21-18-10-8-17(9-11-18)16-6-4-3-5-7-16/h8-11,15-16H,3-7,12-14H2,1-2H3. The largest absolute Gasteiger partial charge is 0.491 e. The highest BCUT2D eigenvalue weighted by atomic mass is 16.5. The first-order valence-electron chi connectivity index (χ1n) is 8.13. The SMILES string of the molecule is COCC(C)OCCOc1ccc(C2CCCCC2)cc1. The van der Waals surface area contributed by atoms with Crippen molar-refractivity contribution >= 4 is 0 Å². The molecule has 0 amide bonds. The average Bonchev–Trinajstić information content (AvgIpc) is 2.53. The Kier molecular flexibility index (Phi) is 7.04. The van der Waals surface area contributed by atoms with Gasteiger partial charge in [0.2, 0.25) is 0 Å². The lowest BCUT2D eigenvalue weighted by atomic mass is 9.84. The Morgan fingerprint density at radius 2 is 1.76 bits per heavy atom. The lowest BCUT2D eigenvalue weighted by Crippen LogP contribution is -2.18. The molecule has 1 saturated carbocycles. The lowest BCUT2D eigenvalue weighted by Gasteiger charge is -2.22. The van der Waals surface area contributed by atoms with Gasteiger partial charge in [-0.05, 0) is 43.4 Å². The molecule has 0 radical (unpaired) electrons. The van der Waals surface area contributed by atoms with E-state index in [9.17, 15) is 0 Å². The summed E-state index contributed by atoms with van der Waals surface area (Å²) < 4.78 is 16.3. The normalized spacial score (nSPS) is 17.6. The van der Waals surface area contributed by atoms with E-state index >= 15 is 0 Å². The van der Waals surface area contributed by atoms with Crippen molar-refractivity contribution in [2.24, 2.45) is 0 Å². The zero-order chi connectivity index (χ0) is 14.9. The predicted molar refractivity (Wildman–Crippen MR) is 85.1 cm³/mol. The van der Waals surface area contributed by atoms with Gasteiger partial charge in [-0.2, -0.15) is 0 Å². The molecule has 1 aromatic rings. The van der Waals surface area contributed by atoms with Gasteiger partial charge in [0, 0.05) is 7.11 Å². The van der Waals surface area contributed by atoms with Crippen molar-refractivity contribution in [3.05, 3.63) is 29.8 Å². The monoisotopic (exact) mass is 292 g/mol. The zero-order valence-electron chi connectivity index (χ0n) is 13.3. The predicted octanol–water partition coefficient (Wildman–Crippen LogP) is 4.16. The van der Waals surface area contributed by atoms with Crippen LogP contribution >= 0.6 is 0 Å². The van der Waals surface area contributed by atoms with Gasteiger partial charge in [0.25, 0.3) is 0 Å². The van der Waals surface area contributed by atoms with Crippen LogP contribution in [0.3, 0.4) is 0 Å². The second-order valence-corrected chi connectivity index (χ2v) is 5.89. The Morgan fingerprint density at radius 1 is 1.05 bits per heavy atom. The van der Waals surface area contributed by atoms with Gasteiger partial charge >= 0.3 is 0 Å². The maximum atomic E-state index is 5.71. The van der Waals surface area contributed by atoms with Crippen LogP contribution in [0.1, 0.15) is 50.5 Å². The Labute approximate surface area is 128 Å². The average molecular weight is 292 g/mol. The molecule has 0 aliphatic heterocycles. The molecule has 2 rings (SSSR count). The van der Waals surface area contributed by atoms with Gasteiger partial charge in [-0.3, -0.25) is 0 Å². The molecular formula is C18H28O3. The van der Waals surface area contributed by atoms with Crippen molar-refractivity contribution in [3.8, 4) is 5.75 Å². The van der Waals surface area contributed by atoms with Crippen molar-refractivity contribution in [1.29, 1.82) is 0 Å². The van der Waals surface area contributed by atoms with Crippen LogP contribution in [0.25, 0.3) is 0 Å². The lowest BCUT2D eigenvalue weighted by molar-refractivity contribution is -0.00214. The third kappa shape index (κ3) is 5.68. The molecule has 0 saturated heterocycles. The van der Waals surface area contributed by atoms with Gasteiger partial charge in [0.15, 0.2) is 0 Å². The van der Waals surface area contributed by atoms with Crippen LogP contribution in [0.4, 0.5) is 0 Å². The smallest absolute Gasteiger partial charge is 0.119 e. The number of rotatable bonds is 8. The number of methoxy groups -OCH3 is 1. The molecule has 3 nitrogen and oxygen atoms in total. The van der Waals surface area contributed by atoms with Crippen molar-refractivity contribution < 1.29 is 14.2 Å². The quantitative estimate of drug-likeness (QED) is 0.673. The molecule has 0 N–H and O–H groups in total. The van der Waals surface area contributed by atoms with Crippen LogP contribution in [-0.2, 0) is 9.47 Å². The van der Waals surface area contributed by atoms with Gasteiger partial charge in [0.05, 0.1) is 19.3 Å². The van der Waals surface area contributed by atoms with Crippen LogP contribution in [0.15, 0.2) is 24.3 Å². The van der Waals surface area contributed by atoms with Crippen LogP contribution in [0, 0.1) is 0 Å². The molecule has 1 aliphatic rings. The highest BCUT2D eigenvalue weighted by Crippen LogP contribution is 2.33. The first kappa shape index (κ1) is 16.3. The maximum absolute atomic E-state index is 5.71. The molecule has 1 aliphatic carbocycles. The fourth-order valence-corrected chi connectivity index (χ4v) is 2.96. The van der Waals surface area contributed by atoms with Gasteiger partial charge in [0.1, 0.15) is 12.4 Å². The summed E-state index contributed by atoms with van der Waals surface area (Å²) in [6.45, 7) is 3.80. The van der Waals surface area contributed by atoms with E-state index in [1.807, 2.05) is 6.92 Å². The van der Waals surface area contributed by atoms with Crippen molar-refractivity contribution in [3.63, 3.8) is 0 Å². The first-order chi connectivity index (χ1) is 10.3. The number of hydrogen-bond acceptors (Lipinski definition) is 3. The van der Waals surface area contributed by atoms with Crippen LogP contribution in [-0.4, -0.2) is 33.0 Å². The van der Waals surface area contributed by atoms with Gasteiger partial charge in [-0.1, -0.05) is 31.4 Å². The number of benzene rings is 1. The highest BCUT2D eigenvalue weighted by Gasteiger charge is 2.15. The third-order valence-corrected chi connectivity index (χ3v) is 4.11. The van der Waals surface area contributed by atoms with Gasteiger partial charge in [-0.15, -0.1) is 0 Å². The number of ether oxygens (including phenoxy) is 3.